The lowest BCUT2D eigenvalue weighted by atomic mass is 10.2. The molecule has 15 heavy (non-hydrogen) atoms. The maximum atomic E-state index is 13.2. The molecule has 1 nitrogen and oxygen atoms in total. The number of hydrogen-bond donors (Lipinski definition) is 0. The Labute approximate surface area is 98.4 Å². The van der Waals surface area contributed by atoms with Crippen molar-refractivity contribution >= 4 is 15.9 Å². The van der Waals surface area contributed by atoms with Crippen molar-refractivity contribution < 1.29 is 4.39 Å². The molecule has 0 aromatic heterocycles. The van der Waals surface area contributed by atoms with Crippen LogP contribution in [0.3, 0.4) is 0 Å². The van der Waals surface area contributed by atoms with Gasteiger partial charge < -0.3 is 0 Å². The Kier molecular flexibility index (Phi) is 3.42. The van der Waals surface area contributed by atoms with Crippen LogP contribution in [-0.4, -0.2) is 17.5 Å². The van der Waals surface area contributed by atoms with E-state index in [0.29, 0.717) is 6.04 Å². The van der Waals surface area contributed by atoms with Crippen molar-refractivity contribution in [1.82, 2.24) is 4.90 Å². The van der Waals surface area contributed by atoms with Gasteiger partial charge in [0.1, 0.15) is 5.82 Å². The van der Waals surface area contributed by atoms with E-state index in [4.69, 9.17) is 0 Å². The Morgan fingerprint density at radius 3 is 2.87 bits per heavy atom. The predicted octanol–water partition coefficient (Wildman–Crippen LogP) is 3.57. The summed E-state index contributed by atoms with van der Waals surface area (Å²) in [6, 6.07) is 5.74. The zero-order chi connectivity index (χ0) is 10.8. The Morgan fingerprint density at radius 2 is 2.27 bits per heavy atom. The van der Waals surface area contributed by atoms with Crippen molar-refractivity contribution in [1.29, 1.82) is 0 Å². The number of halogens is 2. The topological polar surface area (TPSA) is 3.24 Å². The van der Waals surface area contributed by atoms with Gasteiger partial charge in [0.2, 0.25) is 0 Å². The van der Waals surface area contributed by atoms with Crippen molar-refractivity contribution in [3.05, 3.63) is 34.1 Å². The number of likely N-dealkylation sites (tertiary alicyclic amines) is 1. The van der Waals surface area contributed by atoms with Crippen LogP contribution in [0.2, 0.25) is 0 Å². The van der Waals surface area contributed by atoms with Crippen LogP contribution in [0.5, 0.6) is 0 Å². The van der Waals surface area contributed by atoms with Gasteiger partial charge in [0.25, 0.3) is 0 Å². The minimum absolute atomic E-state index is 0.161. The van der Waals surface area contributed by atoms with E-state index in [-0.39, 0.29) is 5.82 Å². The number of benzene rings is 1. The molecule has 0 spiro atoms. The van der Waals surface area contributed by atoms with E-state index in [2.05, 4.69) is 27.8 Å². The molecular weight excluding hydrogens is 257 g/mol. The maximum Gasteiger partial charge on any atom is 0.124 e. The summed E-state index contributed by atoms with van der Waals surface area (Å²) in [6.45, 7) is 4.23. The molecule has 1 fully saturated rings. The first-order valence-corrected chi connectivity index (χ1v) is 6.13. The maximum absolute atomic E-state index is 13.2. The monoisotopic (exact) mass is 271 g/mol. The number of rotatable bonds is 2. The molecule has 0 radical (unpaired) electrons. The first-order valence-electron chi connectivity index (χ1n) is 5.34. The van der Waals surface area contributed by atoms with Crippen LogP contribution in [0.15, 0.2) is 22.7 Å². The number of nitrogens with zero attached hydrogens (tertiary/aromatic N) is 1. The molecule has 1 aliphatic rings. The van der Waals surface area contributed by atoms with Gasteiger partial charge >= 0.3 is 0 Å². The molecule has 1 unspecified atom stereocenters. The average molecular weight is 272 g/mol. The zero-order valence-corrected chi connectivity index (χ0v) is 10.4. The summed E-state index contributed by atoms with van der Waals surface area (Å²) in [5.41, 5.74) is 1.05. The Hall–Kier alpha value is -0.410. The van der Waals surface area contributed by atoms with Gasteiger partial charge in [-0.1, -0.05) is 15.9 Å². The SMILES string of the molecule is CC1CCCN1Cc1cc(F)cc(Br)c1. The molecule has 1 aliphatic heterocycles. The standard InChI is InChI=1S/C12H15BrFN/c1-9-3-2-4-15(9)8-10-5-11(13)7-12(14)6-10/h5-7,9H,2-4,8H2,1H3. The summed E-state index contributed by atoms with van der Waals surface area (Å²) in [5, 5.41) is 0. The minimum Gasteiger partial charge on any atom is -0.296 e. The summed E-state index contributed by atoms with van der Waals surface area (Å²) >= 11 is 3.32. The van der Waals surface area contributed by atoms with Gasteiger partial charge in [0.15, 0.2) is 0 Å². The van der Waals surface area contributed by atoms with Gasteiger partial charge in [0, 0.05) is 17.1 Å². The second-order valence-corrected chi connectivity index (χ2v) is 5.16. The van der Waals surface area contributed by atoms with Crippen LogP contribution in [0.4, 0.5) is 4.39 Å². The van der Waals surface area contributed by atoms with Gasteiger partial charge in [-0.05, 0) is 50.1 Å². The summed E-state index contributed by atoms with van der Waals surface area (Å²) in [4.78, 5) is 2.40. The highest BCUT2D eigenvalue weighted by molar-refractivity contribution is 9.10. The highest BCUT2D eigenvalue weighted by Crippen LogP contribution is 2.21. The fourth-order valence-corrected chi connectivity index (χ4v) is 2.68. The van der Waals surface area contributed by atoms with E-state index in [1.807, 2.05) is 6.07 Å². The van der Waals surface area contributed by atoms with Crippen LogP contribution >= 0.6 is 15.9 Å². The smallest absolute Gasteiger partial charge is 0.124 e. The van der Waals surface area contributed by atoms with Crippen molar-refractivity contribution in [3.63, 3.8) is 0 Å². The molecule has 1 aromatic rings. The third kappa shape index (κ3) is 2.79. The summed E-state index contributed by atoms with van der Waals surface area (Å²) in [7, 11) is 0. The molecule has 1 heterocycles. The lowest BCUT2D eigenvalue weighted by Crippen LogP contribution is -2.26. The highest BCUT2D eigenvalue weighted by atomic mass is 79.9. The Bertz CT molecular complexity index is 333. The first-order chi connectivity index (χ1) is 7.15. The summed E-state index contributed by atoms with van der Waals surface area (Å²) < 4.78 is 14.0. The number of hydrogen-bond acceptors (Lipinski definition) is 1. The predicted molar refractivity (Wildman–Crippen MR) is 63.2 cm³/mol. The van der Waals surface area contributed by atoms with E-state index < -0.39 is 0 Å². The third-order valence-corrected chi connectivity index (χ3v) is 3.46. The van der Waals surface area contributed by atoms with Gasteiger partial charge in [-0.15, -0.1) is 0 Å². The van der Waals surface area contributed by atoms with Crippen LogP contribution in [0, 0.1) is 5.82 Å². The van der Waals surface area contributed by atoms with Gasteiger partial charge in [0.05, 0.1) is 0 Å². The van der Waals surface area contributed by atoms with E-state index in [9.17, 15) is 4.39 Å². The summed E-state index contributed by atoms with van der Waals surface area (Å²) in [5.74, 6) is -0.161. The van der Waals surface area contributed by atoms with Crippen molar-refractivity contribution in [2.75, 3.05) is 6.54 Å². The van der Waals surface area contributed by atoms with Gasteiger partial charge in [-0.3, -0.25) is 4.90 Å². The van der Waals surface area contributed by atoms with E-state index in [0.717, 1.165) is 23.1 Å². The molecule has 0 amide bonds. The average Bonchev–Trinajstić information content (AvgIpc) is 2.50. The molecule has 0 N–H and O–H groups in total. The fraction of sp³-hybridized carbons (Fsp3) is 0.500. The molecule has 82 valence electrons. The van der Waals surface area contributed by atoms with Crippen molar-refractivity contribution in [2.45, 2.75) is 32.4 Å². The second-order valence-electron chi connectivity index (χ2n) is 4.24. The molecule has 2 rings (SSSR count). The molecule has 1 atom stereocenters. The van der Waals surface area contributed by atoms with E-state index in [1.54, 1.807) is 6.07 Å². The van der Waals surface area contributed by atoms with Crippen LogP contribution in [-0.2, 0) is 6.54 Å². The highest BCUT2D eigenvalue weighted by Gasteiger charge is 2.20. The lowest BCUT2D eigenvalue weighted by Gasteiger charge is -2.20. The largest absolute Gasteiger partial charge is 0.296 e. The molecule has 3 heteroatoms. The van der Waals surface area contributed by atoms with E-state index >= 15 is 0 Å². The second kappa shape index (κ2) is 4.62. The van der Waals surface area contributed by atoms with Gasteiger partial charge in [-0.2, -0.15) is 0 Å². The Morgan fingerprint density at radius 1 is 1.47 bits per heavy atom. The quantitative estimate of drug-likeness (QED) is 0.795. The zero-order valence-electron chi connectivity index (χ0n) is 8.84. The molecule has 1 aromatic carbocycles. The van der Waals surface area contributed by atoms with Gasteiger partial charge in [-0.25, -0.2) is 4.39 Å². The molecule has 0 aliphatic carbocycles. The minimum atomic E-state index is -0.161. The fourth-order valence-electron chi connectivity index (χ4n) is 2.16. The van der Waals surface area contributed by atoms with Crippen LogP contribution in [0.25, 0.3) is 0 Å². The van der Waals surface area contributed by atoms with Crippen LogP contribution < -0.4 is 0 Å². The van der Waals surface area contributed by atoms with Crippen molar-refractivity contribution in [2.24, 2.45) is 0 Å². The van der Waals surface area contributed by atoms with E-state index in [1.165, 1.54) is 18.9 Å². The Balaban J connectivity index is 2.10. The third-order valence-electron chi connectivity index (χ3n) is 3.00. The lowest BCUT2D eigenvalue weighted by molar-refractivity contribution is 0.260. The molecular formula is C12H15BrFN. The normalized spacial score (nSPS) is 22.2. The first kappa shape index (κ1) is 11.1. The molecule has 0 saturated carbocycles. The summed E-state index contributed by atoms with van der Waals surface area (Å²) in [6.07, 6.45) is 2.52. The molecule has 0 bridgehead atoms. The van der Waals surface area contributed by atoms with Crippen molar-refractivity contribution in [3.8, 4) is 0 Å². The molecule has 1 saturated heterocycles. The van der Waals surface area contributed by atoms with Crippen LogP contribution in [0.1, 0.15) is 25.3 Å².